The van der Waals surface area contributed by atoms with Crippen molar-refractivity contribution in [2.45, 2.75) is 63.5 Å². The number of nitrogens with zero attached hydrogens (tertiary/aromatic N) is 3. The molecule has 0 spiro atoms. The molecule has 1 aromatic rings. The van der Waals surface area contributed by atoms with Crippen molar-refractivity contribution >= 4 is 10.0 Å². The number of ether oxygens (including phenoxy) is 1. The van der Waals surface area contributed by atoms with Gasteiger partial charge in [-0.3, -0.25) is 0 Å². The Morgan fingerprint density at radius 3 is 2.91 bits per heavy atom. The van der Waals surface area contributed by atoms with E-state index in [1.807, 2.05) is 24.6 Å². The van der Waals surface area contributed by atoms with E-state index >= 15 is 0 Å². The highest BCUT2D eigenvalue weighted by atomic mass is 32.2. The summed E-state index contributed by atoms with van der Waals surface area (Å²) in [6, 6.07) is 0.0519. The standard InChI is InChI=1S/C15H25N3O3S/c1-12-10-15(5-9-21-12)22(19,20)18-7-3-4-14(18)11-17-8-6-16-13(17)2/h6,8,12,14-15H,3-5,7,9-11H2,1-2H3/t12-,14+,15-/m1/s1. The molecule has 0 amide bonds. The third-order valence-corrected chi connectivity index (χ3v) is 7.24. The predicted octanol–water partition coefficient (Wildman–Crippen LogP) is 1.55. The number of hydrogen-bond acceptors (Lipinski definition) is 4. The normalized spacial score (nSPS) is 30.7. The van der Waals surface area contributed by atoms with Gasteiger partial charge in [-0.05, 0) is 39.5 Å². The molecular weight excluding hydrogens is 302 g/mol. The van der Waals surface area contributed by atoms with Gasteiger partial charge in [0.1, 0.15) is 5.82 Å². The Hall–Kier alpha value is -0.920. The second kappa shape index (κ2) is 6.29. The number of imidazole rings is 1. The fourth-order valence-electron chi connectivity index (χ4n) is 3.57. The summed E-state index contributed by atoms with van der Waals surface area (Å²) in [6.45, 7) is 5.80. The van der Waals surface area contributed by atoms with Gasteiger partial charge < -0.3 is 9.30 Å². The summed E-state index contributed by atoms with van der Waals surface area (Å²) in [5.41, 5.74) is 0. The number of sulfonamides is 1. The lowest BCUT2D eigenvalue weighted by molar-refractivity contribution is 0.0292. The first-order valence-electron chi connectivity index (χ1n) is 8.08. The topological polar surface area (TPSA) is 64.4 Å². The van der Waals surface area contributed by atoms with Gasteiger partial charge >= 0.3 is 0 Å². The van der Waals surface area contributed by atoms with E-state index < -0.39 is 10.0 Å². The molecule has 0 saturated carbocycles. The molecule has 0 bridgehead atoms. The molecule has 0 aromatic carbocycles. The maximum atomic E-state index is 13.0. The first-order chi connectivity index (χ1) is 10.5. The van der Waals surface area contributed by atoms with Crippen LogP contribution in [0.3, 0.4) is 0 Å². The Morgan fingerprint density at radius 1 is 1.41 bits per heavy atom. The van der Waals surface area contributed by atoms with Crippen molar-refractivity contribution in [2.24, 2.45) is 0 Å². The Labute approximate surface area is 132 Å². The lowest BCUT2D eigenvalue weighted by Gasteiger charge is -2.33. The van der Waals surface area contributed by atoms with E-state index in [1.165, 1.54) is 0 Å². The minimum atomic E-state index is -3.24. The van der Waals surface area contributed by atoms with E-state index in [-0.39, 0.29) is 17.4 Å². The molecule has 2 aliphatic rings. The van der Waals surface area contributed by atoms with E-state index in [9.17, 15) is 8.42 Å². The highest BCUT2D eigenvalue weighted by molar-refractivity contribution is 7.89. The van der Waals surface area contributed by atoms with Crippen molar-refractivity contribution in [1.29, 1.82) is 0 Å². The van der Waals surface area contributed by atoms with Gasteiger partial charge in [-0.1, -0.05) is 0 Å². The van der Waals surface area contributed by atoms with Gasteiger partial charge in [0.25, 0.3) is 0 Å². The van der Waals surface area contributed by atoms with E-state index in [0.29, 0.717) is 32.5 Å². The van der Waals surface area contributed by atoms with Gasteiger partial charge in [0.2, 0.25) is 10.0 Å². The van der Waals surface area contributed by atoms with Crippen LogP contribution in [0.1, 0.15) is 38.4 Å². The van der Waals surface area contributed by atoms with Gasteiger partial charge in [0.15, 0.2) is 0 Å². The molecule has 22 heavy (non-hydrogen) atoms. The van der Waals surface area contributed by atoms with Gasteiger partial charge in [-0.15, -0.1) is 0 Å². The summed E-state index contributed by atoms with van der Waals surface area (Å²) in [5.74, 6) is 0.934. The maximum absolute atomic E-state index is 13.0. The average Bonchev–Trinajstić information content (AvgIpc) is 3.10. The third-order valence-electron chi connectivity index (χ3n) is 4.84. The first-order valence-corrected chi connectivity index (χ1v) is 9.59. The number of aromatic nitrogens is 2. The predicted molar refractivity (Wildman–Crippen MR) is 84.0 cm³/mol. The molecular formula is C15H25N3O3S. The molecule has 2 saturated heterocycles. The minimum absolute atomic E-state index is 0.0328. The summed E-state index contributed by atoms with van der Waals surface area (Å²) in [4.78, 5) is 4.22. The highest BCUT2D eigenvalue weighted by Gasteiger charge is 2.41. The van der Waals surface area contributed by atoms with Crippen LogP contribution in [0.5, 0.6) is 0 Å². The summed E-state index contributed by atoms with van der Waals surface area (Å²) in [7, 11) is -3.24. The van der Waals surface area contributed by atoms with E-state index in [0.717, 1.165) is 18.7 Å². The molecule has 7 heteroatoms. The van der Waals surface area contributed by atoms with Gasteiger partial charge in [-0.25, -0.2) is 13.4 Å². The Kier molecular flexibility index (Phi) is 4.56. The van der Waals surface area contributed by atoms with Crippen LogP contribution in [-0.2, 0) is 21.3 Å². The van der Waals surface area contributed by atoms with E-state index in [1.54, 1.807) is 10.5 Å². The van der Waals surface area contributed by atoms with Crippen LogP contribution >= 0.6 is 0 Å². The zero-order chi connectivity index (χ0) is 15.7. The quantitative estimate of drug-likeness (QED) is 0.842. The number of hydrogen-bond donors (Lipinski definition) is 0. The van der Waals surface area contributed by atoms with Crippen molar-refractivity contribution in [3.8, 4) is 0 Å². The monoisotopic (exact) mass is 327 g/mol. The van der Waals surface area contributed by atoms with Crippen LogP contribution in [-0.4, -0.2) is 52.8 Å². The maximum Gasteiger partial charge on any atom is 0.217 e. The lowest BCUT2D eigenvalue weighted by Crippen LogP contribution is -2.46. The Morgan fingerprint density at radius 2 is 2.23 bits per heavy atom. The molecule has 1 aromatic heterocycles. The van der Waals surface area contributed by atoms with Crippen LogP contribution in [0.15, 0.2) is 12.4 Å². The molecule has 2 fully saturated rings. The molecule has 0 radical (unpaired) electrons. The largest absolute Gasteiger partial charge is 0.378 e. The van der Waals surface area contributed by atoms with Crippen LogP contribution in [0.25, 0.3) is 0 Å². The molecule has 3 atom stereocenters. The van der Waals surface area contributed by atoms with Crippen LogP contribution in [0.4, 0.5) is 0 Å². The number of aryl methyl sites for hydroxylation is 1. The summed E-state index contributed by atoms with van der Waals surface area (Å²) >= 11 is 0. The molecule has 3 rings (SSSR count). The second-order valence-corrected chi connectivity index (χ2v) is 8.57. The minimum Gasteiger partial charge on any atom is -0.378 e. The fraction of sp³-hybridized carbons (Fsp3) is 0.800. The van der Waals surface area contributed by atoms with Gasteiger partial charge in [-0.2, -0.15) is 4.31 Å². The van der Waals surface area contributed by atoms with Crippen LogP contribution < -0.4 is 0 Å². The summed E-state index contributed by atoms with van der Waals surface area (Å²) in [5, 5.41) is -0.291. The van der Waals surface area contributed by atoms with Crippen molar-refractivity contribution in [2.75, 3.05) is 13.2 Å². The van der Waals surface area contributed by atoms with E-state index in [4.69, 9.17) is 4.74 Å². The zero-order valence-corrected chi connectivity index (χ0v) is 14.1. The summed E-state index contributed by atoms with van der Waals surface area (Å²) < 4.78 is 35.3. The number of rotatable bonds is 4. The smallest absolute Gasteiger partial charge is 0.217 e. The molecule has 0 N–H and O–H groups in total. The van der Waals surface area contributed by atoms with Crippen molar-refractivity contribution in [1.82, 2.24) is 13.9 Å². The average molecular weight is 327 g/mol. The van der Waals surface area contributed by atoms with Crippen molar-refractivity contribution in [3.05, 3.63) is 18.2 Å². The Balaban J connectivity index is 1.75. The summed E-state index contributed by atoms with van der Waals surface area (Å²) in [6.07, 6.45) is 6.81. The molecule has 124 valence electrons. The zero-order valence-electron chi connectivity index (χ0n) is 13.3. The van der Waals surface area contributed by atoms with Gasteiger partial charge in [0, 0.05) is 38.1 Å². The lowest BCUT2D eigenvalue weighted by atomic mass is 10.1. The third kappa shape index (κ3) is 3.07. The molecule has 3 heterocycles. The first kappa shape index (κ1) is 16.0. The van der Waals surface area contributed by atoms with Crippen LogP contribution in [0, 0.1) is 6.92 Å². The molecule has 2 aliphatic heterocycles. The fourth-order valence-corrected chi connectivity index (χ4v) is 5.83. The van der Waals surface area contributed by atoms with Crippen molar-refractivity contribution in [3.63, 3.8) is 0 Å². The van der Waals surface area contributed by atoms with E-state index in [2.05, 4.69) is 4.98 Å². The second-order valence-electron chi connectivity index (χ2n) is 6.41. The van der Waals surface area contributed by atoms with Crippen LogP contribution in [0.2, 0.25) is 0 Å². The highest BCUT2D eigenvalue weighted by Crippen LogP contribution is 2.30. The van der Waals surface area contributed by atoms with Gasteiger partial charge in [0.05, 0.1) is 11.4 Å². The van der Waals surface area contributed by atoms with Crippen molar-refractivity contribution < 1.29 is 13.2 Å². The molecule has 0 aliphatic carbocycles. The molecule has 6 nitrogen and oxygen atoms in total. The SMILES string of the molecule is Cc1nccn1C[C@@H]1CCCN1S(=O)(=O)[C@@H]1CCO[C@H](C)C1. The Bertz CT molecular complexity index is 613. The molecule has 0 unspecified atom stereocenters.